The SMILES string of the molecule is S=C(NCc1ccccn1)Nc1cccc(Cl)c1Cl. The molecule has 0 spiro atoms. The van der Waals surface area contributed by atoms with Crippen molar-refractivity contribution in [2.75, 3.05) is 5.32 Å². The van der Waals surface area contributed by atoms with Gasteiger partial charge < -0.3 is 10.6 Å². The topological polar surface area (TPSA) is 37.0 Å². The molecule has 0 aliphatic rings. The van der Waals surface area contributed by atoms with E-state index >= 15 is 0 Å². The predicted octanol–water partition coefficient (Wildman–Crippen LogP) is 3.88. The van der Waals surface area contributed by atoms with Crippen LogP contribution >= 0.6 is 35.4 Å². The van der Waals surface area contributed by atoms with Gasteiger partial charge in [0.1, 0.15) is 0 Å². The average Bonchev–Trinajstić information content (AvgIpc) is 2.43. The van der Waals surface area contributed by atoms with Gasteiger partial charge in [0.05, 0.1) is 28.0 Å². The van der Waals surface area contributed by atoms with Crippen molar-refractivity contribution in [2.45, 2.75) is 6.54 Å². The molecule has 98 valence electrons. The van der Waals surface area contributed by atoms with Crippen LogP contribution in [0.1, 0.15) is 5.69 Å². The van der Waals surface area contributed by atoms with Gasteiger partial charge in [-0.1, -0.05) is 35.3 Å². The van der Waals surface area contributed by atoms with Gasteiger partial charge in [-0.15, -0.1) is 0 Å². The van der Waals surface area contributed by atoms with Crippen molar-refractivity contribution >= 4 is 46.2 Å². The number of rotatable bonds is 3. The van der Waals surface area contributed by atoms with Crippen LogP contribution in [0, 0.1) is 0 Å². The van der Waals surface area contributed by atoms with Crippen LogP contribution in [0.5, 0.6) is 0 Å². The summed E-state index contributed by atoms with van der Waals surface area (Å²) in [6.45, 7) is 0.546. The second-order valence-corrected chi connectivity index (χ2v) is 4.92. The first-order valence-electron chi connectivity index (χ1n) is 5.55. The van der Waals surface area contributed by atoms with E-state index in [9.17, 15) is 0 Å². The number of halogens is 2. The van der Waals surface area contributed by atoms with Gasteiger partial charge in [-0.3, -0.25) is 4.98 Å². The van der Waals surface area contributed by atoms with Gasteiger partial charge >= 0.3 is 0 Å². The maximum absolute atomic E-state index is 6.06. The van der Waals surface area contributed by atoms with E-state index in [0.29, 0.717) is 27.4 Å². The molecule has 0 fully saturated rings. The molecule has 0 saturated heterocycles. The zero-order chi connectivity index (χ0) is 13.7. The highest BCUT2D eigenvalue weighted by atomic mass is 35.5. The Hall–Kier alpha value is -1.36. The van der Waals surface area contributed by atoms with Gasteiger partial charge in [0.2, 0.25) is 0 Å². The number of anilines is 1. The lowest BCUT2D eigenvalue weighted by molar-refractivity contribution is 0.882. The number of hydrogen-bond donors (Lipinski definition) is 2. The van der Waals surface area contributed by atoms with Crippen LogP contribution in [0.25, 0.3) is 0 Å². The fourth-order valence-corrected chi connectivity index (χ4v) is 1.97. The quantitative estimate of drug-likeness (QED) is 0.844. The van der Waals surface area contributed by atoms with Crippen molar-refractivity contribution in [2.24, 2.45) is 0 Å². The van der Waals surface area contributed by atoms with E-state index in [-0.39, 0.29) is 0 Å². The summed E-state index contributed by atoms with van der Waals surface area (Å²) in [4.78, 5) is 4.19. The van der Waals surface area contributed by atoms with Gasteiger partial charge in [0, 0.05) is 6.20 Å². The highest BCUT2D eigenvalue weighted by Crippen LogP contribution is 2.29. The Labute approximate surface area is 127 Å². The molecule has 1 heterocycles. The van der Waals surface area contributed by atoms with E-state index in [4.69, 9.17) is 35.4 Å². The summed E-state index contributed by atoms with van der Waals surface area (Å²) >= 11 is 17.2. The summed E-state index contributed by atoms with van der Waals surface area (Å²) in [5, 5.41) is 7.45. The van der Waals surface area contributed by atoms with E-state index in [1.54, 1.807) is 18.3 Å². The van der Waals surface area contributed by atoms with Crippen LogP contribution < -0.4 is 10.6 Å². The second-order valence-electron chi connectivity index (χ2n) is 3.73. The largest absolute Gasteiger partial charge is 0.357 e. The fraction of sp³-hybridized carbons (Fsp3) is 0.0769. The molecule has 0 aliphatic carbocycles. The highest BCUT2D eigenvalue weighted by Gasteiger charge is 2.05. The Morgan fingerprint density at radius 3 is 2.74 bits per heavy atom. The van der Waals surface area contributed by atoms with Crippen LogP contribution in [0.4, 0.5) is 5.69 Å². The van der Waals surface area contributed by atoms with E-state index < -0.39 is 0 Å². The summed E-state index contributed by atoms with van der Waals surface area (Å²) in [6, 6.07) is 11.0. The first-order valence-corrected chi connectivity index (χ1v) is 6.72. The first-order chi connectivity index (χ1) is 9.16. The van der Waals surface area contributed by atoms with E-state index in [1.165, 1.54) is 0 Å². The minimum atomic E-state index is 0.450. The lowest BCUT2D eigenvalue weighted by Gasteiger charge is -2.11. The number of benzene rings is 1. The van der Waals surface area contributed by atoms with E-state index in [0.717, 1.165) is 5.69 Å². The van der Waals surface area contributed by atoms with Gasteiger partial charge in [0.25, 0.3) is 0 Å². The van der Waals surface area contributed by atoms with Crippen LogP contribution in [0.15, 0.2) is 42.6 Å². The number of pyridine rings is 1. The molecule has 0 bridgehead atoms. The first kappa shape index (κ1) is 14.1. The van der Waals surface area contributed by atoms with Crippen LogP contribution in [0.2, 0.25) is 10.0 Å². The molecule has 1 aromatic heterocycles. The monoisotopic (exact) mass is 311 g/mol. The molecule has 1 aromatic carbocycles. The third-order valence-electron chi connectivity index (χ3n) is 2.36. The molecule has 6 heteroatoms. The Bertz CT molecular complexity index is 575. The summed E-state index contributed by atoms with van der Waals surface area (Å²) in [6.07, 6.45) is 1.74. The maximum atomic E-state index is 6.06. The minimum absolute atomic E-state index is 0.450. The zero-order valence-electron chi connectivity index (χ0n) is 9.86. The number of nitrogens with zero attached hydrogens (tertiary/aromatic N) is 1. The van der Waals surface area contributed by atoms with Crippen molar-refractivity contribution in [1.29, 1.82) is 0 Å². The molecule has 19 heavy (non-hydrogen) atoms. The number of nitrogens with one attached hydrogen (secondary N) is 2. The Kier molecular flexibility index (Phi) is 4.96. The Morgan fingerprint density at radius 1 is 1.16 bits per heavy atom. The molecular formula is C13H11Cl2N3S. The normalized spacial score (nSPS) is 10.0. The highest BCUT2D eigenvalue weighted by molar-refractivity contribution is 7.80. The molecule has 0 atom stereocenters. The van der Waals surface area contributed by atoms with E-state index in [1.807, 2.05) is 24.3 Å². The second kappa shape index (κ2) is 6.70. The van der Waals surface area contributed by atoms with Gasteiger partial charge in [-0.05, 0) is 36.5 Å². The standard InChI is InChI=1S/C13H11Cl2N3S/c14-10-5-3-6-11(12(10)15)18-13(19)17-8-9-4-1-2-7-16-9/h1-7H,8H2,(H2,17,18,19). The fourth-order valence-electron chi connectivity index (χ4n) is 1.44. The molecule has 0 amide bonds. The van der Waals surface area contributed by atoms with Crippen molar-refractivity contribution in [3.05, 3.63) is 58.3 Å². The zero-order valence-corrected chi connectivity index (χ0v) is 12.2. The van der Waals surface area contributed by atoms with Crippen LogP contribution in [0.3, 0.4) is 0 Å². The van der Waals surface area contributed by atoms with E-state index in [2.05, 4.69) is 15.6 Å². The van der Waals surface area contributed by atoms with Crippen LogP contribution in [-0.2, 0) is 6.54 Å². The molecule has 3 nitrogen and oxygen atoms in total. The molecular weight excluding hydrogens is 301 g/mol. The van der Waals surface area contributed by atoms with Crippen molar-refractivity contribution < 1.29 is 0 Å². The van der Waals surface area contributed by atoms with Gasteiger partial charge in [-0.2, -0.15) is 0 Å². The molecule has 2 rings (SSSR count). The van der Waals surface area contributed by atoms with Gasteiger partial charge in [0.15, 0.2) is 5.11 Å². The molecule has 0 aliphatic heterocycles. The average molecular weight is 312 g/mol. The lowest BCUT2D eigenvalue weighted by Crippen LogP contribution is -2.28. The van der Waals surface area contributed by atoms with Crippen molar-refractivity contribution in [3.8, 4) is 0 Å². The molecule has 2 aromatic rings. The van der Waals surface area contributed by atoms with Gasteiger partial charge in [-0.25, -0.2) is 0 Å². The summed E-state index contributed by atoms with van der Waals surface area (Å²) in [5.74, 6) is 0. The predicted molar refractivity (Wildman–Crippen MR) is 83.8 cm³/mol. The lowest BCUT2D eigenvalue weighted by atomic mass is 10.3. The third-order valence-corrected chi connectivity index (χ3v) is 3.42. The molecule has 2 N–H and O–H groups in total. The molecule has 0 radical (unpaired) electrons. The number of aromatic nitrogens is 1. The Balaban J connectivity index is 1.93. The summed E-state index contributed by atoms with van der Waals surface area (Å²) < 4.78 is 0. The Morgan fingerprint density at radius 2 is 2.00 bits per heavy atom. The van der Waals surface area contributed by atoms with Crippen molar-refractivity contribution in [3.63, 3.8) is 0 Å². The molecule has 0 unspecified atom stereocenters. The summed E-state index contributed by atoms with van der Waals surface area (Å²) in [7, 11) is 0. The van der Waals surface area contributed by atoms with Crippen LogP contribution in [-0.4, -0.2) is 10.1 Å². The molecule has 0 saturated carbocycles. The van der Waals surface area contributed by atoms with Crippen molar-refractivity contribution in [1.82, 2.24) is 10.3 Å². The number of thiocarbonyl (C=S) groups is 1. The maximum Gasteiger partial charge on any atom is 0.171 e. The third kappa shape index (κ3) is 4.06. The smallest absolute Gasteiger partial charge is 0.171 e. The number of hydrogen-bond acceptors (Lipinski definition) is 2. The summed E-state index contributed by atoms with van der Waals surface area (Å²) in [5.41, 5.74) is 1.58. The minimum Gasteiger partial charge on any atom is -0.357 e.